The maximum Gasteiger partial charge on any atom is 0.164 e. The Labute approximate surface area is 137 Å². The molecule has 1 aliphatic carbocycles. The standard InChI is InChI=1S/C20H34O2/c1-9-16-14(4)10-11-17(16)20(8)18(12-15(5)13(2)3)21-19(6,7)22-20/h9,13-14,16-18H,1,5,10-12H2,2-4,6-8H3/t14-,16-,17-,18-,20+/m0/s1. The topological polar surface area (TPSA) is 18.5 Å². The van der Waals surface area contributed by atoms with Crippen molar-refractivity contribution in [2.24, 2.45) is 23.7 Å². The third-order valence-corrected chi connectivity index (χ3v) is 5.86. The number of ether oxygens (including phenoxy) is 2. The van der Waals surface area contributed by atoms with E-state index < -0.39 is 5.79 Å². The fourth-order valence-corrected chi connectivity index (χ4v) is 4.40. The molecule has 2 nitrogen and oxygen atoms in total. The van der Waals surface area contributed by atoms with Gasteiger partial charge in [0.1, 0.15) is 0 Å². The van der Waals surface area contributed by atoms with Gasteiger partial charge in [-0.25, -0.2) is 0 Å². The summed E-state index contributed by atoms with van der Waals surface area (Å²) in [5, 5.41) is 0. The van der Waals surface area contributed by atoms with Gasteiger partial charge in [-0.3, -0.25) is 0 Å². The molecule has 1 heterocycles. The van der Waals surface area contributed by atoms with Crippen LogP contribution in [0, 0.1) is 23.7 Å². The predicted octanol–water partition coefficient (Wildman–Crippen LogP) is 5.35. The lowest BCUT2D eigenvalue weighted by atomic mass is 9.74. The summed E-state index contributed by atoms with van der Waals surface area (Å²) in [6.45, 7) is 21.4. The second-order valence-electron chi connectivity index (χ2n) is 8.28. The molecule has 0 radical (unpaired) electrons. The van der Waals surface area contributed by atoms with Crippen LogP contribution in [0.4, 0.5) is 0 Å². The van der Waals surface area contributed by atoms with Crippen molar-refractivity contribution in [3.05, 3.63) is 24.8 Å². The third-order valence-electron chi connectivity index (χ3n) is 5.86. The van der Waals surface area contributed by atoms with Crippen molar-refractivity contribution in [2.75, 3.05) is 0 Å². The molecule has 1 saturated heterocycles. The summed E-state index contributed by atoms with van der Waals surface area (Å²) in [6.07, 6.45) is 5.54. The van der Waals surface area contributed by atoms with E-state index in [1.54, 1.807) is 0 Å². The minimum Gasteiger partial charge on any atom is -0.344 e. The van der Waals surface area contributed by atoms with Crippen molar-refractivity contribution in [3.63, 3.8) is 0 Å². The Hall–Kier alpha value is -0.600. The lowest BCUT2D eigenvalue weighted by Crippen LogP contribution is -2.46. The van der Waals surface area contributed by atoms with Gasteiger partial charge < -0.3 is 9.47 Å². The van der Waals surface area contributed by atoms with Crippen LogP contribution in [0.25, 0.3) is 0 Å². The predicted molar refractivity (Wildman–Crippen MR) is 92.6 cm³/mol. The molecule has 0 spiro atoms. The van der Waals surface area contributed by atoms with Crippen LogP contribution in [0.5, 0.6) is 0 Å². The largest absolute Gasteiger partial charge is 0.344 e. The minimum atomic E-state index is -0.520. The summed E-state index contributed by atoms with van der Waals surface area (Å²) in [4.78, 5) is 0. The maximum absolute atomic E-state index is 6.48. The summed E-state index contributed by atoms with van der Waals surface area (Å²) < 4.78 is 12.8. The van der Waals surface area contributed by atoms with Crippen molar-refractivity contribution in [1.82, 2.24) is 0 Å². The second kappa shape index (κ2) is 6.13. The zero-order chi connectivity index (χ0) is 16.7. The number of hydrogen-bond acceptors (Lipinski definition) is 2. The van der Waals surface area contributed by atoms with E-state index in [0.717, 1.165) is 6.42 Å². The highest BCUT2D eigenvalue weighted by Gasteiger charge is 2.57. The van der Waals surface area contributed by atoms with Crippen LogP contribution in [0.3, 0.4) is 0 Å². The van der Waals surface area contributed by atoms with Crippen LogP contribution in [0.15, 0.2) is 24.8 Å². The van der Waals surface area contributed by atoms with Crippen LogP contribution in [-0.2, 0) is 9.47 Å². The number of hydrogen-bond donors (Lipinski definition) is 0. The van der Waals surface area contributed by atoms with Crippen LogP contribution in [0.2, 0.25) is 0 Å². The second-order valence-corrected chi connectivity index (χ2v) is 8.28. The zero-order valence-corrected chi connectivity index (χ0v) is 15.3. The molecule has 1 aliphatic heterocycles. The normalized spacial score (nSPS) is 41.0. The van der Waals surface area contributed by atoms with Gasteiger partial charge in [0.25, 0.3) is 0 Å². The van der Waals surface area contributed by atoms with Gasteiger partial charge in [0, 0.05) is 0 Å². The lowest BCUT2D eigenvalue weighted by molar-refractivity contribution is -0.171. The highest BCUT2D eigenvalue weighted by molar-refractivity contribution is 5.11. The Balaban J connectivity index is 2.27. The van der Waals surface area contributed by atoms with Gasteiger partial charge in [-0.1, -0.05) is 39.0 Å². The van der Waals surface area contributed by atoms with Crippen molar-refractivity contribution in [3.8, 4) is 0 Å². The van der Waals surface area contributed by atoms with E-state index in [-0.39, 0.29) is 11.7 Å². The Morgan fingerprint density at radius 3 is 2.45 bits per heavy atom. The Morgan fingerprint density at radius 2 is 1.91 bits per heavy atom. The molecule has 126 valence electrons. The SMILES string of the molecule is C=C[C@H]1[C@@H](C)CC[C@@H]1[C@@]1(C)OC(C)(C)O[C@H]1CC(=C)C(C)C. The van der Waals surface area contributed by atoms with Crippen LogP contribution in [0.1, 0.15) is 60.8 Å². The maximum atomic E-state index is 6.48. The van der Waals surface area contributed by atoms with E-state index in [1.165, 1.54) is 18.4 Å². The average molecular weight is 306 g/mol. The molecule has 22 heavy (non-hydrogen) atoms. The van der Waals surface area contributed by atoms with Crippen LogP contribution >= 0.6 is 0 Å². The van der Waals surface area contributed by atoms with Crippen LogP contribution < -0.4 is 0 Å². The van der Waals surface area contributed by atoms with Gasteiger partial charge in [-0.15, -0.1) is 6.58 Å². The smallest absolute Gasteiger partial charge is 0.164 e. The quantitative estimate of drug-likeness (QED) is 0.638. The van der Waals surface area contributed by atoms with Gasteiger partial charge in [0.15, 0.2) is 5.79 Å². The van der Waals surface area contributed by atoms with Crippen molar-refractivity contribution >= 4 is 0 Å². The fourth-order valence-electron chi connectivity index (χ4n) is 4.40. The van der Waals surface area contributed by atoms with Crippen molar-refractivity contribution < 1.29 is 9.47 Å². The van der Waals surface area contributed by atoms with Gasteiger partial charge in [0.2, 0.25) is 0 Å². The van der Waals surface area contributed by atoms with E-state index in [2.05, 4.69) is 46.9 Å². The molecule has 0 unspecified atom stereocenters. The Morgan fingerprint density at radius 1 is 1.27 bits per heavy atom. The zero-order valence-electron chi connectivity index (χ0n) is 15.3. The van der Waals surface area contributed by atoms with Gasteiger partial charge in [-0.2, -0.15) is 0 Å². The van der Waals surface area contributed by atoms with Crippen LogP contribution in [-0.4, -0.2) is 17.5 Å². The summed E-state index contributed by atoms with van der Waals surface area (Å²) >= 11 is 0. The summed E-state index contributed by atoms with van der Waals surface area (Å²) in [5.41, 5.74) is 0.990. The fraction of sp³-hybridized carbons (Fsp3) is 0.800. The molecule has 0 amide bonds. The monoisotopic (exact) mass is 306 g/mol. The molecule has 5 atom stereocenters. The van der Waals surface area contributed by atoms with E-state index in [9.17, 15) is 0 Å². The average Bonchev–Trinajstić information content (AvgIpc) is 2.87. The Kier molecular flexibility index (Phi) is 4.94. The molecule has 2 fully saturated rings. The summed E-state index contributed by atoms with van der Waals surface area (Å²) in [5.74, 6) is 1.63. The number of rotatable bonds is 5. The Bertz CT molecular complexity index is 437. The van der Waals surface area contributed by atoms with Gasteiger partial charge in [0.05, 0.1) is 11.7 Å². The molecular weight excluding hydrogens is 272 g/mol. The van der Waals surface area contributed by atoms with Crippen molar-refractivity contribution in [1.29, 1.82) is 0 Å². The molecule has 0 bridgehead atoms. The highest BCUT2D eigenvalue weighted by Crippen LogP contribution is 2.52. The number of allylic oxidation sites excluding steroid dienone is 1. The van der Waals surface area contributed by atoms with E-state index in [0.29, 0.717) is 23.7 Å². The molecule has 0 aromatic rings. The lowest BCUT2D eigenvalue weighted by Gasteiger charge is -2.38. The first-order valence-electron chi connectivity index (χ1n) is 8.79. The molecule has 2 heteroatoms. The minimum absolute atomic E-state index is 0.0788. The first-order chi connectivity index (χ1) is 10.1. The van der Waals surface area contributed by atoms with Gasteiger partial charge >= 0.3 is 0 Å². The van der Waals surface area contributed by atoms with E-state index in [1.807, 2.05) is 13.8 Å². The molecular formula is C20H34O2. The summed E-state index contributed by atoms with van der Waals surface area (Å²) in [7, 11) is 0. The first kappa shape index (κ1) is 17.7. The van der Waals surface area contributed by atoms with E-state index in [4.69, 9.17) is 9.47 Å². The molecule has 0 N–H and O–H groups in total. The van der Waals surface area contributed by atoms with E-state index >= 15 is 0 Å². The highest BCUT2D eigenvalue weighted by atomic mass is 16.8. The molecule has 0 aromatic heterocycles. The molecule has 1 saturated carbocycles. The summed E-state index contributed by atoms with van der Waals surface area (Å²) in [6, 6.07) is 0. The van der Waals surface area contributed by atoms with Crippen molar-refractivity contribution in [2.45, 2.75) is 78.3 Å². The van der Waals surface area contributed by atoms with Gasteiger partial charge in [-0.05, 0) is 63.7 Å². The molecule has 0 aromatic carbocycles. The molecule has 2 aliphatic rings. The third kappa shape index (κ3) is 3.19. The molecule has 2 rings (SSSR count). The first-order valence-corrected chi connectivity index (χ1v) is 8.79.